The van der Waals surface area contributed by atoms with Gasteiger partial charge in [0.1, 0.15) is 6.10 Å². The van der Waals surface area contributed by atoms with Gasteiger partial charge in [0.25, 0.3) is 0 Å². The number of benzene rings is 2. The van der Waals surface area contributed by atoms with Crippen LogP contribution in [0.5, 0.6) is 0 Å². The molecule has 0 saturated carbocycles. The molecule has 2 aromatic rings. The van der Waals surface area contributed by atoms with Crippen molar-refractivity contribution in [2.24, 2.45) is 0 Å². The third-order valence-electron chi connectivity index (χ3n) is 4.20. The Kier molecular flexibility index (Phi) is 7.01. The minimum Gasteiger partial charge on any atom is -0.460 e. The van der Waals surface area contributed by atoms with Crippen LogP contribution in [0.4, 0.5) is 0 Å². The van der Waals surface area contributed by atoms with E-state index in [0.29, 0.717) is 6.54 Å². The molecule has 1 aliphatic rings. The number of esters is 1. The van der Waals surface area contributed by atoms with Crippen molar-refractivity contribution in [2.45, 2.75) is 39.3 Å². The first kappa shape index (κ1) is 18.2. The molecule has 128 valence electrons. The molecule has 1 aliphatic heterocycles. The number of carbonyl (C=O) groups excluding carboxylic acids is 1. The van der Waals surface area contributed by atoms with Crippen molar-refractivity contribution < 1.29 is 9.53 Å². The maximum Gasteiger partial charge on any atom is 0.320 e. The van der Waals surface area contributed by atoms with Crippen molar-refractivity contribution >= 4 is 5.97 Å². The van der Waals surface area contributed by atoms with E-state index in [2.05, 4.69) is 36.1 Å². The Morgan fingerprint density at radius 2 is 1.62 bits per heavy atom. The van der Waals surface area contributed by atoms with Crippen LogP contribution < -0.4 is 0 Å². The zero-order chi connectivity index (χ0) is 17.4. The van der Waals surface area contributed by atoms with E-state index in [4.69, 9.17) is 4.74 Å². The maximum absolute atomic E-state index is 11.9. The summed E-state index contributed by atoms with van der Waals surface area (Å²) in [6, 6.07) is 20.7. The minimum absolute atomic E-state index is 0.0742. The molecule has 0 aliphatic carbocycles. The lowest BCUT2D eigenvalue weighted by Gasteiger charge is -2.36. The summed E-state index contributed by atoms with van der Waals surface area (Å²) in [6.45, 7) is 7.28. The number of rotatable bonds is 4. The van der Waals surface area contributed by atoms with Gasteiger partial charge >= 0.3 is 5.97 Å². The number of ether oxygens (including phenoxy) is 1. The Morgan fingerprint density at radius 3 is 2.25 bits per heavy atom. The molecule has 3 rings (SSSR count). The normalized spacial score (nSPS) is 19.0. The molecule has 2 atom stereocenters. The van der Waals surface area contributed by atoms with Crippen LogP contribution in [0, 0.1) is 0 Å². The topological polar surface area (TPSA) is 29.5 Å². The van der Waals surface area contributed by atoms with E-state index in [1.54, 1.807) is 0 Å². The smallest absolute Gasteiger partial charge is 0.320 e. The van der Waals surface area contributed by atoms with E-state index in [1.807, 2.05) is 50.2 Å². The zero-order valence-corrected chi connectivity index (χ0v) is 14.8. The SMILES string of the molecule is CC.C[C@H](c1ccccc1)N1CC(=O)O[C@@H](Cc2ccccc2)C1. The largest absolute Gasteiger partial charge is 0.460 e. The summed E-state index contributed by atoms with van der Waals surface area (Å²) in [4.78, 5) is 14.1. The highest BCUT2D eigenvalue weighted by atomic mass is 16.5. The second-order valence-electron chi connectivity index (χ2n) is 5.82. The average molecular weight is 325 g/mol. The van der Waals surface area contributed by atoms with Gasteiger partial charge in [-0.3, -0.25) is 9.69 Å². The predicted molar refractivity (Wildman–Crippen MR) is 97.8 cm³/mol. The Morgan fingerprint density at radius 1 is 1.04 bits per heavy atom. The first-order valence-corrected chi connectivity index (χ1v) is 8.75. The molecule has 1 heterocycles. The molecule has 1 saturated heterocycles. The Bertz CT molecular complexity index is 612. The van der Waals surface area contributed by atoms with Gasteiger partial charge in [-0.15, -0.1) is 0 Å². The van der Waals surface area contributed by atoms with Gasteiger partial charge < -0.3 is 4.74 Å². The van der Waals surface area contributed by atoms with Gasteiger partial charge in [-0.2, -0.15) is 0 Å². The first-order chi connectivity index (χ1) is 11.7. The van der Waals surface area contributed by atoms with Crippen LogP contribution in [0.25, 0.3) is 0 Å². The van der Waals surface area contributed by atoms with E-state index >= 15 is 0 Å². The van der Waals surface area contributed by atoms with E-state index < -0.39 is 0 Å². The third kappa shape index (κ3) is 4.93. The standard InChI is InChI=1S/C19H21NO2.C2H6/c1-15(17-10-6-3-7-11-17)20-13-18(22-19(21)14-20)12-16-8-4-2-5-9-16;1-2/h2-11,15,18H,12-14H2,1H3;1-2H3/t15-,18+;/m1./s1. The summed E-state index contributed by atoms with van der Waals surface area (Å²) in [5.41, 5.74) is 2.44. The van der Waals surface area contributed by atoms with Crippen LogP contribution in [0.3, 0.4) is 0 Å². The fraction of sp³-hybridized carbons (Fsp3) is 0.381. The maximum atomic E-state index is 11.9. The molecule has 0 unspecified atom stereocenters. The molecule has 3 heteroatoms. The fourth-order valence-electron chi connectivity index (χ4n) is 2.97. The van der Waals surface area contributed by atoms with Gasteiger partial charge in [-0.1, -0.05) is 74.5 Å². The van der Waals surface area contributed by atoms with Crippen molar-refractivity contribution in [1.82, 2.24) is 4.90 Å². The Balaban J connectivity index is 0.00000100. The second-order valence-corrected chi connectivity index (χ2v) is 5.82. The lowest BCUT2D eigenvalue weighted by atomic mass is 10.0. The van der Waals surface area contributed by atoms with Crippen LogP contribution in [0.15, 0.2) is 60.7 Å². The molecular weight excluding hydrogens is 298 g/mol. The van der Waals surface area contributed by atoms with Gasteiger partial charge in [0, 0.05) is 19.0 Å². The summed E-state index contributed by atoms with van der Waals surface area (Å²) in [6.07, 6.45) is 0.694. The summed E-state index contributed by atoms with van der Waals surface area (Å²) in [7, 11) is 0. The number of nitrogens with zero attached hydrogens (tertiary/aromatic N) is 1. The Labute approximate surface area is 145 Å². The average Bonchev–Trinajstić information content (AvgIpc) is 2.64. The minimum atomic E-state index is -0.130. The highest BCUT2D eigenvalue weighted by Gasteiger charge is 2.30. The van der Waals surface area contributed by atoms with E-state index in [1.165, 1.54) is 11.1 Å². The summed E-state index contributed by atoms with van der Waals surface area (Å²) < 4.78 is 5.53. The Hall–Kier alpha value is -2.13. The van der Waals surface area contributed by atoms with Gasteiger partial charge in [0.05, 0.1) is 6.54 Å². The van der Waals surface area contributed by atoms with Crippen LogP contribution in [0.1, 0.15) is 37.9 Å². The van der Waals surface area contributed by atoms with Gasteiger partial charge in [-0.25, -0.2) is 0 Å². The van der Waals surface area contributed by atoms with E-state index in [0.717, 1.165) is 13.0 Å². The fourth-order valence-corrected chi connectivity index (χ4v) is 2.97. The first-order valence-electron chi connectivity index (χ1n) is 8.75. The van der Waals surface area contributed by atoms with Gasteiger partial charge in [-0.05, 0) is 18.1 Å². The van der Waals surface area contributed by atoms with Crippen molar-refractivity contribution in [3.63, 3.8) is 0 Å². The van der Waals surface area contributed by atoms with E-state index in [9.17, 15) is 4.79 Å². The quantitative estimate of drug-likeness (QED) is 0.787. The molecule has 24 heavy (non-hydrogen) atoms. The number of morpholine rings is 1. The van der Waals surface area contributed by atoms with Crippen LogP contribution in [0.2, 0.25) is 0 Å². The second kappa shape index (κ2) is 9.24. The van der Waals surface area contributed by atoms with Crippen molar-refractivity contribution in [1.29, 1.82) is 0 Å². The van der Waals surface area contributed by atoms with Crippen LogP contribution >= 0.6 is 0 Å². The lowest BCUT2D eigenvalue weighted by Crippen LogP contribution is -2.47. The summed E-state index contributed by atoms with van der Waals surface area (Å²) in [5.74, 6) is -0.130. The van der Waals surface area contributed by atoms with Crippen molar-refractivity contribution in [3.05, 3.63) is 71.8 Å². The highest BCUT2D eigenvalue weighted by Crippen LogP contribution is 2.23. The molecule has 0 spiro atoms. The van der Waals surface area contributed by atoms with Gasteiger partial charge in [0.15, 0.2) is 0 Å². The number of cyclic esters (lactones) is 1. The van der Waals surface area contributed by atoms with Crippen LogP contribution in [-0.2, 0) is 16.0 Å². The molecule has 0 aromatic heterocycles. The molecule has 0 bridgehead atoms. The molecule has 2 aromatic carbocycles. The molecule has 0 radical (unpaired) electrons. The third-order valence-corrected chi connectivity index (χ3v) is 4.20. The highest BCUT2D eigenvalue weighted by molar-refractivity contribution is 5.72. The molecule has 0 N–H and O–H groups in total. The summed E-state index contributed by atoms with van der Waals surface area (Å²) in [5, 5.41) is 0. The number of hydrogen-bond donors (Lipinski definition) is 0. The van der Waals surface area contributed by atoms with E-state index in [-0.39, 0.29) is 18.1 Å². The van der Waals surface area contributed by atoms with Gasteiger partial charge in [0.2, 0.25) is 0 Å². The predicted octanol–water partition coefficient (Wildman–Crippen LogP) is 4.24. The zero-order valence-electron chi connectivity index (χ0n) is 14.8. The summed E-state index contributed by atoms with van der Waals surface area (Å²) >= 11 is 0. The monoisotopic (exact) mass is 325 g/mol. The number of hydrogen-bond acceptors (Lipinski definition) is 3. The molecule has 1 fully saturated rings. The molecular formula is C21H27NO2. The van der Waals surface area contributed by atoms with Crippen molar-refractivity contribution in [2.75, 3.05) is 13.1 Å². The van der Waals surface area contributed by atoms with Crippen LogP contribution in [-0.4, -0.2) is 30.1 Å². The molecule has 0 amide bonds. The van der Waals surface area contributed by atoms with Crippen molar-refractivity contribution in [3.8, 4) is 0 Å². The molecule has 3 nitrogen and oxygen atoms in total. The lowest BCUT2D eigenvalue weighted by molar-refractivity contribution is -0.160. The number of carbonyl (C=O) groups is 1.